The molecule has 0 fully saturated rings. The van der Waals surface area contributed by atoms with Crippen molar-refractivity contribution in [1.29, 1.82) is 0 Å². The maximum Gasteiger partial charge on any atom is 0.338 e. The van der Waals surface area contributed by atoms with E-state index < -0.39 is 23.4 Å². The summed E-state index contributed by atoms with van der Waals surface area (Å²) in [6.07, 6.45) is 1.47. The minimum atomic E-state index is -0.648. The van der Waals surface area contributed by atoms with Gasteiger partial charge in [0.15, 0.2) is 0 Å². The molecule has 3 aromatic rings. The smallest absolute Gasteiger partial charge is 0.338 e. The number of hydrogen-bond acceptors (Lipinski definition) is 7. The van der Waals surface area contributed by atoms with Gasteiger partial charge in [0.05, 0.1) is 25.3 Å². The molecule has 9 nitrogen and oxygen atoms in total. The van der Waals surface area contributed by atoms with Gasteiger partial charge in [-0.05, 0) is 39.5 Å². The monoisotopic (exact) mass is 620 g/mol. The van der Waals surface area contributed by atoms with E-state index in [1.54, 1.807) is 0 Å². The van der Waals surface area contributed by atoms with Crippen LogP contribution in [-0.4, -0.2) is 40.4 Å². The summed E-state index contributed by atoms with van der Waals surface area (Å²) in [5, 5.41) is 5.08. The van der Waals surface area contributed by atoms with Crippen molar-refractivity contribution in [2.45, 2.75) is 32.5 Å². The highest BCUT2D eigenvalue weighted by atomic mass is 79.9. The fraction of sp³-hybridized carbons (Fsp3) is 0.233. The number of methoxy groups -OCH3 is 1. The SMILES string of the molecule is CCC(N=C1NC2=C(C(=O)OC)CNN2C(N(Cc2ccccc2)Cc2ccccc2)=C1Br)c1cc(F)c[nH]c1=O. The molecular weight excluding hydrogens is 591 g/mol. The number of halogens is 2. The molecule has 0 bridgehead atoms. The van der Waals surface area contributed by atoms with E-state index in [9.17, 15) is 14.0 Å². The first-order chi connectivity index (χ1) is 19.9. The first-order valence-electron chi connectivity index (χ1n) is 13.2. The van der Waals surface area contributed by atoms with Gasteiger partial charge >= 0.3 is 5.97 Å². The average molecular weight is 622 g/mol. The molecule has 0 spiro atoms. The fourth-order valence-electron chi connectivity index (χ4n) is 4.87. The highest BCUT2D eigenvalue weighted by Gasteiger charge is 2.39. The predicted octanol–water partition coefficient (Wildman–Crippen LogP) is 4.44. The lowest BCUT2D eigenvalue weighted by Gasteiger charge is -2.39. The average Bonchev–Trinajstić information content (AvgIpc) is 3.41. The van der Waals surface area contributed by atoms with Crippen molar-refractivity contribution >= 4 is 27.7 Å². The topological polar surface area (TPSA) is 102 Å². The van der Waals surface area contributed by atoms with E-state index in [0.29, 0.717) is 47.0 Å². The number of carbonyl (C=O) groups excluding carboxylic acids is 1. The second-order valence-corrected chi connectivity index (χ2v) is 10.4. The number of nitrogens with one attached hydrogen (secondary N) is 3. The Bertz CT molecular complexity index is 1530. The van der Waals surface area contributed by atoms with Crippen LogP contribution in [-0.2, 0) is 22.6 Å². The Kier molecular flexibility index (Phi) is 8.65. The van der Waals surface area contributed by atoms with Gasteiger partial charge in [-0.1, -0.05) is 67.6 Å². The van der Waals surface area contributed by atoms with E-state index >= 15 is 0 Å². The summed E-state index contributed by atoms with van der Waals surface area (Å²) in [6, 6.07) is 20.7. The molecule has 5 rings (SSSR count). The number of rotatable bonds is 9. The number of aliphatic imine (C=N–C) groups is 1. The number of carbonyl (C=O) groups is 1. The van der Waals surface area contributed by atoms with Crippen LogP contribution < -0.4 is 16.3 Å². The molecule has 2 aliphatic rings. The van der Waals surface area contributed by atoms with Crippen LogP contribution in [0.15, 0.2) is 104 Å². The highest BCUT2D eigenvalue weighted by Crippen LogP contribution is 2.34. The zero-order chi connectivity index (χ0) is 28.9. The van der Waals surface area contributed by atoms with Gasteiger partial charge in [0.2, 0.25) is 0 Å². The number of pyridine rings is 1. The summed E-state index contributed by atoms with van der Waals surface area (Å²) >= 11 is 3.79. The molecule has 1 aromatic heterocycles. The van der Waals surface area contributed by atoms with E-state index in [4.69, 9.17) is 9.73 Å². The minimum absolute atomic E-state index is 0.211. The number of ether oxygens (including phenoxy) is 1. The number of hydrogen-bond donors (Lipinski definition) is 3. The summed E-state index contributed by atoms with van der Waals surface area (Å²) in [4.78, 5) is 34.8. The van der Waals surface area contributed by atoms with E-state index in [1.807, 2.05) is 48.3 Å². The van der Waals surface area contributed by atoms with Crippen molar-refractivity contribution in [2.24, 2.45) is 4.99 Å². The maximum absolute atomic E-state index is 14.1. The number of H-pyrrole nitrogens is 1. The molecule has 0 aliphatic carbocycles. The third-order valence-electron chi connectivity index (χ3n) is 6.87. The Labute approximate surface area is 245 Å². The number of hydrazine groups is 1. The van der Waals surface area contributed by atoms with Crippen LogP contribution in [0.2, 0.25) is 0 Å². The summed E-state index contributed by atoms with van der Waals surface area (Å²) in [6.45, 7) is 3.21. The van der Waals surface area contributed by atoms with Gasteiger partial charge in [-0.25, -0.2) is 19.6 Å². The summed E-state index contributed by atoms with van der Waals surface area (Å²) in [5.41, 5.74) is 5.67. The molecule has 2 aliphatic heterocycles. The number of esters is 1. The minimum Gasteiger partial charge on any atom is -0.466 e. The van der Waals surface area contributed by atoms with Gasteiger partial charge in [-0.15, -0.1) is 0 Å². The van der Waals surface area contributed by atoms with Gasteiger partial charge < -0.3 is 19.9 Å². The van der Waals surface area contributed by atoms with Crippen molar-refractivity contribution < 1.29 is 13.9 Å². The third kappa shape index (κ3) is 6.10. The molecule has 0 saturated heterocycles. The number of aromatic amines is 1. The van der Waals surface area contributed by atoms with Crippen LogP contribution in [0.25, 0.3) is 0 Å². The van der Waals surface area contributed by atoms with Crippen LogP contribution in [0, 0.1) is 5.82 Å². The molecule has 0 amide bonds. The predicted molar refractivity (Wildman–Crippen MR) is 158 cm³/mol. The normalized spacial score (nSPS) is 16.5. The third-order valence-corrected chi connectivity index (χ3v) is 7.60. The fourth-order valence-corrected chi connectivity index (χ4v) is 5.50. The second kappa shape index (κ2) is 12.5. The summed E-state index contributed by atoms with van der Waals surface area (Å²) < 4.78 is 19.8. The van der Waals surface area contributed by atoms with E-state index in [-0.39, 0.29) is 12.1 Å². The number of fused-ring (bicyclic) bond motifs is 1. The first-order valence-corrected chi connectivity index (χ1v) is 14.0. The standard InChI is InChI=1S/C30H30BrFN6O3/c1-3-24(22-14-21(32)15-33-28(22)39)35-26-25(31)29(38-27(36-26)23(16-34-38)30(40)41-2)37(17-19-10-6-4-7-11-19)18-20-12-8-5-9-13-20/h4-15,24,34H,3,16-18H2,1-2H3,(H,33,39)(H,35,36). The number of benzene rings is 2. The van der Waals surface area contributed by atoms with Gasteiger partial charge in [-0.3, -0.25) is 9.79 Å². The Hall–Kier alpha value is -4.22. The molecule has 0 radical (unpaired) electrons. The van der Waals surface area contributed by atoms with Crippen LogP contribution in [0.5, 0.6) is 0 Å². The summed E-state index contributed by atoms with van der Waals surface area (Å²) in [5.74, 6) is 0.558. The van der Waals surface area contributed by atoms with Gasteiger partial charge in [0, 0.05) is 24.8 Å². The van der Waals surface area contributed by atoms with Crippen LogP contribution in [0.1, 0.15) is 36.1 Å². The molecule has 2 aromatic carbocycles. The molecule has 1 unspecified atom stereocenters. The lowest BCUT2D eigenvalue weighted by molar-refractivity contribution is -0.136. The van der Waals surface area contributed by atoms with Gasteiger partial charge in [0.25, 0.3) is 5.56 Å². The van der Waals surface area contributed by atoms with E-state index in [2.05, 4.69) is 60.8 Å². The molecule has 41 heavy (non-hydrogen) atoms. The second-order valence-electron chi connectivity index (χ2n) is 9.58. The van der Waals surface area contributed by atoms with E-state index in [1.165, 1.54) is 13.2 Å². The van der Waals surface area contributed by atoms with Crippen LogP contribution in [0.4, 0.5) is 4.39 Å². The van der Waals surface area contributed by atoms with Crippen molar-refractivity contribution in [2.75, 3.05) is 13.7 Å². The molecule has 3 N–H and O–H groups in total. The van der Waals surface area contributed by atoms with Gasteiger partial charge in [0.1, 0.15) is 27.8 Å². The van der Waals surface area contributed by atoms with Crippen molar-refractivity contribution in [3.63, 3.8) is 0 Å². The molecule has 3 heterocycles. The number of amidine groups is 1. The maximum atomic E-state index is 14.1. The van der Waals surface area contributed by atoms with Crippen LogP contribution >= 0.6 is 15.9 Å². The molecule has 11 heteroatoms. The largest absolute Gasteiger partial charge is 0.466 e. The van der Waals surface area contributed by atoms with Crippen molar-refractivity contribution in [1.82, 2.24) is 25.6 Å². The highest BCUT2D eigenvalue weighted by molar-refractivity contribution is 9.12. The Balaban J connectivity index is 1.67. The quantitative estimate of drug-likeness (QED) is 0.304. The Morgan fingerprint density at radius 1 is 1.12 bits per heavy atom. The molecule has 212 valence electrons. The summed E-state index contributed by atoms with van der Waals surface area (Å²) in [7, 11) is 1.34. The zero-order valence-electron chi connectivity index (χ0n) is 22.7. The Morgan fingerprint density at radius 3 is 2.34 bits per heavy atom. The molecule has 1 atom stereocenters. The van der Waals surface area contributed by atoms with Crippen LogP contribution in [0.3, 0.4) is 0 Å². The zero-order valence-corrected chi connectivity index (χ0v) is 24.2. The van der Waals surface area contributed by atoms with E-state index in [0.717, 1.165) is 17.3 Å². The number of aromatic nitrogens is 1. The Morgan fingerprint density at radius 2 is 1.76 bits per heavy atom. The molecule has 0 saturated carbocycles. The van der Waals surface area contributed by atoms with Crippen molar-refractivity contribution in [3.8, 4) is 0 Å². The molecular formula is C30H30BrFN6O3. The lowest BCUT2D eigenvalue weighted by Crippen LogP contribution is -2.49. The number of nitrogens with zero attached hydrogens (tertiary/aromatic N) is 3. The lowest BCUT2D eigenvalue weighted by atomic mass is 10.1. The van der Waals surface area contributed by atoms with Gasteiger partial charge in [-0.2, -0.15) is 0 Å². The van der Waals surface area contributed by atoms with Crippen molar-refractivity contribution in [3.05, 3.63) is 127 Å². The first kappa shape index (κ1) is 28.3.